The summed E-state index contributed by atoms with van der Waals surface area (Å²) in [6, 6.07) is 7.69. The van der Waals surface area contributed by atoms with Crippen molar-refractivity contribution in [1.82, 2.24) is 14.6 Å². The van der Waals surface area contributed by atoms with E-state index in [-0.39, 0.29) is 5.56 Å². The third-order valence-corrected chi connectivity index (χ3v) is 3.80. The fourth-order valence-corrected chi connectivity index (χ4v) is 2.58. The van der Waals surface area contributed by atoms with Gasteiger partial charge in [-0.05, 0) is 34.1 Å². The van der Waals surface area contributed by atoms with Crippen LogP contribution in [0.1, 0.15) is 5.56 Å². The predicted octanol–water partition coefficient (Wildman–Crippen LogP) is 3.82. The smallest absolute Gasteiger partial charge is 0.171 e. The summed E-state index contributed by atoms with van der Waals surface area (Å²) in [4.78, 5) is 4.17. The first kappa shape index (κ1) is 13.0. The van der Waals surface area contributed by atoms with E-state index in [9.17, 15) is 4.39 Å². The molecule has 4 nitrogen and oxygen atoms in total. The molecule has 0 saturated heterocycles. The van der Waals surface area contributed by atoms with Gasteiger partial charge in [-0.2, -0.15) is 10.4 Å². The van der Waals surface area contributed by atoms with Crippen LogP contribution in [0.4, 0.5) is 4.39 Å². The molecule has 0 bridgehead atoms. The molecule has 0 spiro atoms. The molecule has 0 N–H and O–H groups in total. The lowest BCUT2D eigenvalue weighted by molar-refractivity contribution is 0.624. The molecule has 0 unspecified atom stereocenters. The minimum Gasteiger partial charge on any atom is -0.236 e. The number of fused-ring (bicyclic) bond motifs is 1. The third-order valence-electron chi connectivity index (χ3n) is 2.78. The van der Waals surface area contributed by atoms with Gasteiger partial charge >= 0.3 is 0 Å². The maximum absolute atomic E-state index is 13.7. The van der Waals surface area contributed by atoms with Crippen LogP contribution >= 0.6 is 27.5 Å². The average molecular weight is 352 g/mol. The van der Waals surface area contributed by atoms with Gasteiger partial charge in [0, 0.05) is 11.8 Å². The number of aromatic nitrogens is 3. The summed E-state index contributed by atoms with van der Waals surface area (Å²) in [7, 11) is 0. The van der Waals surface area contributed by atoms with Gasteiger partial charge in [-0.15, -0.1) is 0 Å². The Labute approximate surface area is 126 Å². The summed E-state index contributed by atoms with van der Waals surface area (Å²) in [6.07, 6.45) is 1.56. The Kier molecular flexibility index (Phi) is 3.16. The molecule has 3 rings (SSSR count). The van der Waals surface area contributed by atoms with E-state index in [0.29, 0.717) is 26.5 Å². The minimum absolute atomic E-state index is 0.00945. The van der Waals surface area contributed by atoms with E-state index in [0.717, 1.165) is 0 Å². The molecule has 0 radical (unpaired) electrons. The number of nitriles is 1. The van der Waals surface area contributed by atoms with Crippen LogP contribution < -0.4 is 0 Å². The second-order valence-electron chi connectivity index (χ2n) is 3.97. The second kappa shape index (κ2) is 4.85. The summed E-state index contributed by atoms with van der Waals surface area (Å²) >= 11 is 9.42. The molecule has 0 amide bonds. The highest BCUT2D eigenvalue weighted by molar-refractivity contribution is 9.10. The highest BCUT2D eigenvalue weighted by Crippen LogP contribution is 2.32. The van der Waals surface area contributed by atoms with Crippen molar-refractivity contribution in [2.75, 3.05) is 0 Å². The van der Waals surface area contributed by atoms with E-state index < -0.39 is 5.82 Å². The molecule has 0 aliphatic carbocycles. The van der Waals surface area contributed by atoms with E-state index in [1.165, 1.54) is 16.6 Å². The lowest BCUT2D eigenvalue weighted by atomic mass is 10.1. The van der Waals surface area contributed by atoms with Gasteiger partial charge in [-0.25, -0.2) is 13.9 Å². The molecule has 2 heterocycles. The Morgan fingerprint density at radius 3 is 2.80 bits per heavy atom. The number of nitrogens with zero attached hydrogens (tertiary/aromatic N) is 4. The number of hydrogen-bond acceptors (Lipinski definition) is 3. The Balaban J connectivity index is 2.25. The minimum atomic E-state index is -0.590. The van der Waals surface area contributed by atoms with E-state index in [2.05, 4.69) is 26.0 Å². The van der Waals surface area contributed by atoms with Gasteiger partial charge < -0.3 is 0 Å². The van der Waals surface area contributed by atoms with Gasteiger partial charge in [0.25, 0.3) is 0 Å². The molecule has 0 aliphatic rings. The normalized spacial score (nSPS) is 10.7. The lowest BCUT2D eigenvalue weighted by Crippen LogP contribution is -1.91. The van der Waals surface area contributed by atoms with Crippen LogP contribution in [0, 0.1) is 17.1 Å². The molecule has 0 saturated carbocycles. The maximum atomic E-state index is 13.7. The number of rotatable bonds is 1. The molecular weight excluding hydrogens is 347 g/mol. The van der Waals surface area contributed by atoms with E-state index >= 15 is 0 Å². The molecular formula is C13H5BrClFN4. The Bertz CT molecular complexity index is 869. The lowest BCUT2D eigenvalue weighted by Gasteiger charge is -1.99. The molecule has 20 heavy (non-hydrogen) atoms. The first-order valence-electron chi connectivity index (χ1n) is 5.50. The van der Waals surface area contributed by atoms with Crippen molar-refractivity contribution < 1.29 is 4.39 Å². The predicted molar refractivity (Wildman–Crippen MR) is 75.8 cm³/mol. The van der Waals surface area contributed by atoms with Crippen molar-refractivity contribution in [2.45, 2.75) is 0 Å². The van der Waals surface area contributed by atoms with E-state index in [1.807, 2.05) is 0 Å². The number of benzene rings is 1. The topological polar surface area (TPSA) is 54.0 Å². The first-order valence-corrected chi connectivity index (χ1v) is 6.67. The van der Waals surface area contributed by atoms with Crippen molar-refractivity contribution in [1.29, 1.82) is 5.26 Å². The Morgan fingerprint density at radius 1 is 1.35 bits per heavy atom. The average Bonchev–Trinajstić information content (AvgIpc) is 2.78. The molecule has 0 fully saturated rings. The van der Waals surface area contributed by atoms with Gasteiger partial charge in [0.15, 0.2) is 5.65 Å². The summed E-state index contributed by atoms with van der Waals surface area (Å²) < 4.78 is 15.8. The zero-order valence-corrected chi connectivity index (χ0v) is 12.2. The summed E-state index contributed by atoms with van der Waals surface area (Å²) in [5, 5.41) is 13.4. The molecule has 98 valence electrons. The summed E-state index contributed by atoms with van der Waals surface area (Å²) in [5.41, 5.74) is 1.57. The van der Waals surface area contributed by atoms with Crippen molar-refractivity contribution in [3.63, 3.8) is 0 Å². The standard InChI is InChI=1S/C13H5BrClFN4/c14-11-12(7-1-2-8(6-17)9(16)5-7)19-20-10(15)3-4-18-13(11)20/h1-5H. The van der Waals surface area contributed by atoms with Gasteiger partial charge in [0.1, 0.15) is 22.7 Å². The molecule has 0 atom stereocenters. The van der Waals surface area contributed by atoms with Crippen LogP contribution in [0.3, 0.4) is 0 Å². The van der Waals surface area contributed by atoms with Gasteiger partial charge in [-0.1, -0.05) is 17.7 Å². The molecule has 0 aliphatic heterocycles. The summed E-state index contributed by atoms with van der Waals surface area (Å²) in [6.45, 7) is 0. The van der Waals surface area contributed by atoms with Gasteiger partial charge in [-0.3, -0.25) is 0 Å². The van der Waals surface area contributed by atoms with Crippen molar-refractivity contribution >= 4 is 33.2 Å². The van der Waals surface area contributed by atoms with Crippen LogP contribution in [-0.4, -0.2) is 14.6 Å². The van der Waals surface area contributed by atoms with Crippen molar-refractivity contribution in [3.8, 4) is 17.3 Å². The van der Waals surface area contributed by atoms with Gasteiger partial charge in [0.2, 0.25) is 0 Å². The Morgan fingerprint density at radius 2 is 2.15 bits per heavy atom. The van der Waals surface area contributed by atoms with E-state index in [4.69, 9.17) is 16.9 Å². The Hall–Kier alpha value is -1.97. The summed E-state index contributed by atoms with van der Waals surface area (Å²) in [5.74, 6) is -0.590. The largest absolute Gasteiger partial charge is 0.236 e. The monoisotopic (exact) mass is 350 g/mol. The third kappa shape index (κ3) is 1.96. The van der Waals surface area contributed by atoms with Crippen LogP contribution in [0.25, 0.3) is 16.9 Å². The molecule has 2 aromatic heterocycles. The van der Waals surface area contributed by atoms with Crippen LogP contribution in [0.15, 0.2) is 34.9 Å². The highest BCUT2D eigenvalue weighted by Gasteiger charge is 2.16. The van der Waals surface area contributed by atoms with Crippen LogP contribution in [0.5, 0.6) is 0 Å². The van der Waals surface area contributed by atoms with Crippen LogP contribution in [-0.2, 0) is 0 Å². The molecule has 1 aromatic carbocycles. The number of halogens is 3. The zero-order chi connectivity index (χ0) is 14.3. The SMILES string of the molecule is N#Cc1ccc(-c2nn3c(Cl)ccnc3c2Br)cc1F. The highest BCUT2D eigenvalue weighted by atomic mass is 79.9. The molecule has 7 heteroatoms. The number of hydrogen-bond donors (Lipinski definition) is 0. The fraction of sp³-hybridized carbons (Fsp3) is 0. The quantitative estimate of drug-likeness (QED) is 0.626. The van der Waals surface area contributed by atoms with Gasteiger partial charge in [0.05, 0.1) is 10.0 Å². The second-order valence-corrected chi connectivity index (χ2v) is 5.15. The van der Waals surface area contributed by atoms with Crippen molar-refractivity contribution in [2.24, 2.45) is 0 Å². The zero-order valence-electron chi connectivity index (χ0n) is 9.81. The van der Waals surface area contributed by atoms with Crippen molar-refractivity contribution in [3.05, 3.63) is 51.5 Å². The molecule has 3 aromatic rings. The first-order chi connectivity index (χ1) is 9.61. The van der Waals surface area contributed by atoms with E-state index in [1.54, 1.807) is 24.4 Å². The van der Waals surface area contributed by atoms with Crippen LogP contribution in [0.2, 0.25) is 5.15 Å². The maximum Gasteiger partial charge on any atom is 0.171 e. The fourth-order valence-electron chi connectivity index (χ4n) is 1.83.